The topological polar surface area (TPSA) is 57.6 Å². The number of aliphatic carboxylic acids is 1. The van der Waals surface area contributed by atoms with Gasteiger partial charge in [-0.15, -0.1) is 0 Å². The average Bonchev–Trinajstić information content (AvgIpc) is 2.85. The number of amides is 1. The van der Waals surface area contributed by atoms with Gasteiger partial charge in [-0.3, -0.25) is 9.59 Å². The van der Waals surface area contributed by atoms with Crippen molar-refractivity contribution in [2.45, 2.75) is 38.6 Å². The third-order valence-corrected chi connectivity index (χ3v) is 3.68. The summed E-state index contributed by atoms with van der Waals surface area (Å²) in [6.45, 7) is 2.68. The van der Waals surface area contributed by atoms with E-state index in [4.69, 9.17) is 5.11 Å². The predicted molar refractivity (Wildman–Crippen MR) is 72.1 cm³/mol. The molecule has 4 heteroatoms. The lowest BCUT2D eigenvalue weighted by molar-refractivity contribution is -0.137. The summed E-state index contributed by atoms with van der Waals surface area (Å²) in [5.41, 5.74) is 1.73. The van der Waals surface area contributed by atoms with E-state index in [0.29, 0.717) is 12.1 Å². The maximum Gasteiger partial charge on any atom is 0.305 e. The molecule has 1 amide bonds. The number of hydrogen-bond donors (Lipinski definition) is 1. The molecule has 1 atom stereocenters. The Bertz CT molecular complexity index is 484. The van der Waals surface area contributed by atoms with E-state index in [1.165, 1.54) is 0 Å². The zero-order valence-electron chi connectivity index (χ0n) is 11.1. The lowest BCUT2D eigenvalue weighted by Gasteiger charge is -2.24. The first-order valence-corrected chi connectivity index (χ1v) is 6.74. The molecule has 1 N–H and O–H groups in total. The van der Waals surface area contributed by atoms with Crippen molar-refractivity contribution in [1.29, 1.82) is 0 Å². The Kier molecular flexibility index (Phi) is 4.20. The van der Waals surface area contributed by atoms with Crippen molar-refractivity contribution >= 4 is 11.9 Å². The summed E-state index contributed by atoms with van der Waals surface area (Å²) in [5.74, 6) is -0.866. The first-order chi connectivity index (χ1) is 9.13. The van der Waals surface area contributed by atoms with E-state index in [2.05, 4.69) is 0 Å². The highest BCUT2D eigenvalue weighted by Gasteiger charge is 2.31. The van der Waals surface area contributed by atoms with Gasteiger partial charge in [-0.05, 0) is 30.9 Å². The maximum absolute atomic E-state index is 12.6. The van der Waals surface area contributed by atoms with E-state index in [1.807, 2.05) is 31.2 Å². The fraction of sp³-hybridized carbons (Fsp3) is 0.467. The second-order valence-electron chi connectivity index (χ2n) is 4.90. The Hall–Kier alpha value is -1.84. The highest BCUT2D eigenvalue weighted by atomic mass is 16.4. The third kappa shape index (κ3) is 2.95. The van der Waals surface area contributed by atoms with E-state index in [-0.39, 0.29) is 18.4 Å². The molecule has 1 aliphatic heterocycles. The Morgan fingerprint density at radius 3 is 2.79 bits per heavy atom. The van der Waals surface area contributed by atoms with Crippen LogP contribution < -0.4 is 0 Å². The minimum atomic E-state index is -0.839. The zero-order valence-corrected chi connectivity index (χ0v) is 11.1. The summed E-state index contributed by atoms with van der Waals surface area (Å²) < 4.78 is 0. The van der Waals surface area contributed by atoms with Gasteiger partial charge in [0, 0.05) is 18.2 Å². The molecule has 19 heavy (non-hydrogen) atoms. The van der Waals surface area contributed by atoms with Crippen LogP contribution in [-0.4, -0.2) is 34.5 Å². The van der Waals surface area contributed by atoms with Crippen molar-refractivity contribution in [3.8, 4) is 0 Å². The van der Waals surface area contributed by atoms with Crippen LogP contribution >= 0.6 is 0 Å². The smallest absolute Gasteiger partial charge is 0.305 e. The Morgan fingerprint density at radius 2 is 2.11 bits per heavy atom. The van der Waals surface area contributed by atoms with Gasteiger partial charge >= 0.3 is 5.97 Å². The van der Waals surface area contributed by atoms with E-state index >= 15 is 0 Å². The molecule has 0 radical (unpaired) electrons. The van der Waals surface area contributed by atoms with Gasteiger partial charge in [-0.2, -0.15) is 0 Å². The fourth-order valence-corrected chi connectivity index (χ4v) is 2.71. The SMILES string of the molecule is CCc1ccccc1C(=O)N1CCCC1CC(=O)O. The molecule has 1 heterocycles. The number of likely N-dealkylation sites (tertiary alicyclic amines) is 1. The molecule has 0 spiro atoms. The van der Waals surface area contributed by atoms with Crippen molar-refractivity contribution in [2.75, 3.05) is 6.54 Å². The predicted octanol–water partition coefficient (Wildman–Crippen LogP) is 2.33. The van der Waals surface area contributed by atoms with Gasteiger partial charge in [0.25, 0.3) is 5.91 Å². The van der Waals surface area contributed by atoms with Crippen molar-refractivity contribution in [3.63, 3.8) is 0 Å². The Labute approximate surface area is 113 Å². The largest absolute Gasteiger partial charge is 0.481 e. The standard InChI is InChI=1S/C15H19NO3/c1-2-11-6-3-4-8-13(11)15(19)16-9-5-7-12(16)10-14(17)18/h3-4,6,8,12H,2,5,7,9-10H2,1H3,(H,17,18). The molecular weight excluding hydrogens is 242 g/mol. The molecule has 1 aromatic rings. The lowest BCUT2D eigenvalue weighted by Crippen LogP contribution is -2.37. The minimum absolute atomic E-state index is 0.0267. The van der Waals surface area contributed by atoms with Crippen LogP contribution in [0.4, 0.5) is 0 Å². The van der Waals surface area contributed by atoms with Crippen molar-refractivity contribution < 1.29 is 14.7 Å². The molecule has 1 unspecified atom stereocenters. The summed E-state index contributed by atoms with van der Waals surface area (Å²) in [6, 6.07) is 7.41. The third-order valence-electron chi connectivity index (χ3n) is 3.68. The van der Waals surface area contributed by atoms with Crippen LogP contribution in [0.25, 0.3) is 0 Å². The summed E-state index contributed by atoms with van der Waals surface area (Å²) in [7, 11) is 0. The molecular formula is C15H19NO3. The minimum Gasteiger partial charge on any atom is -0.481 e. The van der Waals surface area contributed by atoms with Crippen LogP contribution in [0.15, 0.2) is 24.3 Å². The Balaban J connectivity index is 2.20. The number of carbonyl (C=O) groups excluding carboxylic acids is 1. The number of carboxylic acids is 1. The number of nitrogens with zero attached hydrogens (tertiary/aromatic N) is 1. The fourth-order valence-electron chi connectivity index (χ4n) is 2.71. The summed E-state index contributed by atoms with van der Waals surface area (Å²) in [5, 5.41) is 8.91. The first kappa shape index (κ1) is 13.6. The van der Waals surface area contributed by atoms with Gasteiger partial charge in [0.15, 0.2) is 0 Å². The van der Waals surface area contributed by atoms with Gasteiger partial charge in [-0.1, -0.05) is 25.1 Å². The second-order valence-corrected chi connectivity index (χ2v) is 4.90. The first-order valence-electron chi connectivity index (χ1n) is 6.74. The van der Waals surface area contributed by atoms with E-state index in [0.717, 1.165) is 24.8 Å². The highest BCUT2D eigenvalue weighted by molar-refractivity contribution is 5.96. The average molecular weight is 261 g/mol. The normalized spacial score (nSPS) is 18.6. The van der Waals surface area contributed by atoms with Crippen molar-refractivity contribution in [1.82, 2.24) is 4.90 Å². The molecule has 0 aliphatic carbocycles. The van der Waals surface area contributed by atoms with Crippen LogP contribution in [0.5, 0.6) is 0 Å². The molecule has 0 bridgehead atoms. The van der Waals surface area contributed by atoms with Crippen molar-refractivity contribution in [2.24, 2.45) is 0 Å². The molecule has 0 aromatic heterocycles. The van der Waals surface area contributed by atoms with Crippen LogP contribution in [-0.2, 0) is 11.2 Å². The number of hydrogen-bond acceptors (Lipinski definition) is 2. The van der Waals surface area contributed by atoms with Gasteiger partial charge in [0.2, 0.25) is 0 Å². The van der Waals surface area contributed by atoms with Crippen LogP contribution in [0, 0.1) is 0 Å². The molecule has 2 rings (SSSR count). The molecule has 1 saturated heterocycles. The second kappa shape index (κ2) is 5.87. The quantitative estimate of drug-likeness (QED) is 0.905. The van der Waals surface area contributed by atoms with Gasteiger partial charge < -0.3 is 10.0 Å². The van der Waals surface area contributed by atoms with Crippen molar-refractivity contribution in [3.05, 3.63) is 35.4 Å². The molecule has 1 aromatic carbocycles. The molecule has 1 aliphatic rings. The summed E-state index contributed by atoms with van der Waals surface area (Å²) in [6.07, 6.45) is 2.52. The van der Waals surface area contributed by atoms with E-state index < -0.39 is 5.97 Å². The number of rotatable bonds is 4. The lowest BCUT2D eigenvalue weighted by atomic mass is 10.0. The molecule has 4 nitrogen and oxygen atoms in total. The monoisotopic (exact) mass is 261 g/mol. The maximum atomic E-state index is 12.6. The number of aryl methyl sites for hydroxylation is 1. The van der Waals surface area contributed by atoms with E-state index in [9.17, 15) is 9.59 Å². The molecule has 0 saturated carbocycles. The van der Waals surface area contributed by atoms with Gasteiger partial charge in [0.05, 0.1) is 6.42 Å². The highest BCUT2D eigenvalue weighted by Crippen LogP contribution is 2.24. The Morgan fingerprint density at radius 1 is 1.37 bits per heavy atom. The summed E-state index contributed by atoms with van der Waals surface area (Å²) in [4.78, 5) is 25.1. The molecule has 1 fully saturated rings. The zero-order chi connectivity index (χ0) is 13.8. The summed E-state index contributed by atoms with van der Waals surface area (Å²) >= 11 is 0. The van der Waals surface area contributed by atoms with Gasteiger partial charge in [0.1, 0.15) is 0 Å². The van der Waals surface area contributed by atoms with Crippen LogP contribution in [0.2, 0.25) is 0 Å². The van der Waals surface area contributed by atoms with E-state index in [1.54, 1.807) is 4.90 Å². The van der Waals surface area contributed by atoms with Crippen LogP contribution in [0.3, 0.4) is 0 Å². The van der Waals surface area contributed by atoms with Crippen LogP contribution in [0.1, 0.15) is 42.1 Å². The van der Waals surface area contributed by atoms with Gasteiger partial charge in [-0.25, -0.2) is 0 Å². The number of benzene rings is 1. The molecule has 102 valence electrons. The number of carboxylic acid groups (broad SMARTS) is 1. The number of carbonyl (C=O) groups is 2.